The Morgan fingerprint density at radius 2 is 1.58 bits per heavy atom. The molecule has 0 aromatic carbocycles. The van der Waals surface area contributed by atoms with Gasteiger partial charge in [0.1, 0.15) is 0 Å². The summed E-state index contributed by atoms with van der Waals surface area (Å²) in [7, 11) is 3.62. The third kappa shape index (κ3) is 6.95. The Morgan fingerprint density at radius 1 is 1.17 bits per heavy atom. The van der Waals surface area contributed by atoms with E-state index in [9.17, 15) is 0 Å². The molecule has 0 aromatic heterocycles. The summed E-state index contributed by atoms with van der Waals surface area (Å²) in [4.78, 5) is 2.22. The third-order valence-corrected chi connectivity index (χ3v) is 2.46. The summed E-state index contributed by atoms with van der Waals surface area (Å²) in [6.07, 6.45) is 6.85. The Morgan fingerprint density at radius 3 is 1.83 bits per heavy atom. The van der Waals surface area contributed by atoms with Crippen molar-refractivity contribution in [3.63, 3.8) is 0 Å². The highest BCUT2D eigenvalue weighted by Gasteiger charge is 2.21. The molecule has 0 saturated heterocycles. The summed E-state index contributed by atoms with van der Waals surface area (Å²) in [6, 6.07) is 0. The molecular weight excluding hydrogens is 168 g/mol. The highest BCUT2D eigenvalue weighted by atomic mass is 32.3. The van der Waals surface area contributed by atoms with Gasteiger partial charge in [0.25, 0.3) is 0 Å². The number of nitrogens with one attached hydrogen (secondary N) is 1. The van der Waals surface area contributed by atoms with Crippen molar-refractivity contribution in [3.05, 3.63) is 0 Å². The van der Waals surface area contributed by atoms with Crippen molar-refractivity contribution < 1.29 is 0 Å². The van der Waals surface area contributed by atoms with Gasteiger partial charge in [-0.1, -0.05) is 0 Å². The van der Waals surface area contributed by atoms with Crippen LogP contribution in [0.25, 0.3) is 0 Å². The minimum Gasteiger partial charge on any atom is -0.308 e. The van der Waals surface area contributed by atoms with Crippen LogP contribution in [0, 0.1) is 0 Å². The molecule has 0 radical (unpaired) electrons. The molecule has 76 valence electrons. The van der Waals surface area contributed by atoms with Crippen LogP contribution < -0.4 is 4.72 Å². The number of hydrogen-bond donors (Lipinski definition) is 1. The molecule has 0 aliphatic rings. The molecule has 0 rings (SSSR count). The van der Waals surface area contributed by atoms with Gasteiger partial charge in [0.2, 0.25) is 0 Å². The van der Waals surface area contributed by atoms with Gasteiger partial charge in [0.05, 0.1) is 0 Å². The molecule has 0 heterocycles. The fourth-order valence-electron chi connectivity index (χ4n) is 1.65. The smallest absolute Gasteiger partial charge is 0.0338 e. The van der Waals surface area contributed by atoms with Crippen LogP contribution in [0.3, 0.4) is 0 Å². The van der Waals surface area contributed by atoms with E-state index in [1.54, 1.807) is 0 Å². The summed E-state index contributed by atoms with van der Waals surface area (Å²) >= 11 is 0. The maximum atomic E-state index is 3.67. The number of hydrogen-bond acceptors (Lipinski definition) is 2. The average Bonchev–Trinajstić information content (AvgIpc) is 1.48. The minimum absolute atomic E-state index is 0.219. The second-order valence-corrected chi connectivity index (χ2v) is 8.94. The van der Waals surface area contributed by atoms with E-state index in [4.69, 9.17) is 0 Å². The fourth-order valence-corrected chi connectivity index (χ4v) is 3.37. The van der Waals surface area contributed by atoms with Gasteiger partial charge in [-0.05, 0) is 46.7 Å². The first-order chi connectivity index (χ1) is 5.12. The van der Waals surface area contributed by atoms with E-state index < -0.39 is 10.2 Å². The molecule has 3 heteroatoms. The first kappa shape index (κ1) is 12.3. The van der Waals surface area contributed by atoms with Gasteiger partial charge in [-0.3, -0.25) is 4.72 Å². The monoisotopic (exact) mass is 192 g/mol. The van der Waals surface area contributed by atoms with Crippen LogP contribution >= 0.6 is 10.2 Å². The molecule has 0 amide bonds. The quantitative estimate of drug-likeness (QED) is 0.726. The molecule has 0 unspecified atom stereocenters. The Hall–Kier alpha value is 0.270. The van der Waals surface area contributed by atoms with Crippen LogP contribution in [0.1, 0.15) is 13.8 Å². The number of likely N-dealkylation sites (N-methyl/N-ethyl adjacent to an activating group) is 1. The zero-order valence-electron chi connectivity index (χ0n) is 9.56. The topological polar surface area (TPSA) is 15.3 Å². The standard InChI is InChI=1S/C9H24N2S/c1-9(2,8-11(3)4)10-12(5,6)7/h10H,8H2,1-7H3. The van der Waals surface area contributed by atoms with E-state index in [2.05, 4.69) is 56.3 Å². The lowest BCUT2D eigenvalue weighted by atomic mass is 10.1. The van der Waals surface area contributed by atoms with Crippen LogP contribution in [0.2, 0.25) is 0 Å². The molecule has 0 bridgehead atoms. The first-order valence-corrected chi connectivity index (χ1v) is 7.10. The van der Waals surface area contributed by atoms with E-state index in [1.165, 1.54) is 0 Å². The lowest BCUT2D eigenvalue weighted by molar-refractivity contribution is 0.302. The van der Waals surface area contributed by atoms with Gasteiger partial charge in [-0.15, -0.1) is 0 Å². The summed E-state index contributed by atoms with van der Waals surface area (Å²) < 4.78 is 3.67. The predicted molar refractivity (Wildman–Crippen MR) is 61.1 cm³/mol. The van der Waals surface area contributed by atoms with Gasteiger partial charge < -0.3 is 4.90 Å². The van der Waals surface area contributed by atoms with Crippen LogP contribution in [0.15, 0.2) is 0 Å². The Kier molecular flexibility index (Phi) is 4.08. The van der Waals surface area contributed by atoms with Gasteiger partial charge in [0, 0.05) is 12.1 Å². The van der Waals surface area contributed by atoms with E-state index in [-0.39, 0.29) is 5.54 Å². The highest BCUT2D eigenvalue weighted by molar-refractivity contribution is 8.30. The molecule has 12 heavy (non-hydrogen) atoms. The normalized spacial score (nSPS) is 15.3. The van der Waals surface area contributed by atoms with Gasteiger partial charge >= 0.3 is 0 Å². The molecule has 0 fully saturated rings. The van der Waals surface area contributed by atoms with Crippen LogP contribution in [-0.4, -0.2) is 49.8 Å². The second-order valence-electron chi connectivity index (χ2n) is 5.06. The largest absolute Gasteiger partial charge is 0.308 e. The van der Waals surface area contributed by atoms with Crippen molar-refractivity contribution in [2.45, 2.75) is 19.4 Å². The van der Waals surface area contributed by atoms with Crippen molar-refractivity contribution in [2.24, 2.45) is 0 Å². The van der Waals surface area contributed by atoms with Crippen LogP contribution in [0.5, 0.6) is 0 Å². The Labute approximate surface area is 79.2 Å². The third-order valence-electron chi connectivity index (χ3n) is 1.29. The van der Waals surface area contributed by atoms with Crippen molar-refractivity contribution >= 4 is 10.2 Å². The maximum Gasteiger partial charge on any atom is 0.0338 e. The van der Waals surface area contributed by atoms with E-state index in [1.807, 2.05) is 0 Å². The Balaban J connectivity index is 4.04. The van der Waals surface area contributed by atoms with Crippen molar-refractivity contribution in [3.8, 4) is 0 Å². The first-order valence-electron chi connectivity index (χ1n) is 4.24. The second kappa shape index (κ2) is 3.99. The zero-order valence-corrected chi connectivity index (χ0v) is 10.4. The maximum absolute atomic E-state index is 3.67. The predicted octanol–water partition coefficient (Wildman–Crippen LogP) is 1.53. The lowest BCUT2D eigenvalue weighted by Gasteiger charge is -2.39. The molecule has 0 spiro atoms. The summed E-state index contributed by atoms with van der Waals surface area (Å²) in [5.74, 6) is 0. The SMILES string of the molecule is CN(C)CC(C)(C)NS(C)(C)C. The molecule has 0 aromatic rings. The van der Waals surface area contributed by atoms with E-state index in [0.29, 0.717) is 0 Å². The van der Waals surface area contributed by atoms with Crippen molar-refractivity contribution in [1.29, 1.82) is 0 Å². The number of rotatable bonds is 4. The van der Waals surface area contributed by atoms with Gasteiger partial charge in [0.15, 0.2) is 0 Å². The molecule has 1 N–H and O–H groups in total. The van der Waals surface area contributed by atoms with Crippen molar-refractivity contribution in [1.82, 2.24) is 9.62 Å². The molecular formula is C9H24N2S. The molecule has 0 saturated carbocycles. The van der Waals surface area contributed by atoms with Gasteiger partial charge in [-0.25, -0.2) is 0 Å². The Bertz CT molecular complexity index is 136. The lowest BCUT2D eigenvalue weighted by Crippen LogP contribution is -2.47. The molecule has 2 nitrogen and oxygen atoms in total. The summed E-state index contributed by atoms with van der Waals surface area (Å²) in [6.45, 7) is 5.59. The fraction of sp³-hybridized carbons (Fsp3) is 1.00. The van der Waals surface area contributed by atoms with Crippen LogP contribution in [-0.2, 0) is 0 Å². The highest BCUT2D eigenvalue weighted by Crippen LogP contribution is 2.32. The molecule has 0 aliphatic carbocycles. The summed E-state index contributed by atoms with van der Waals surface area (Å²) in [5.41, 5.74) is 0.219. The average molecular weight is 192 g/mol. The zero-order chi connectivity index (χ0) is 9.99. The number of nitrogens with zero attached hydrogens (tertiary/aromatic N) is 1. The summed E-state index contributed by atoms with van der Waals surface area (Å²) in [5, 5.41) is 0. The minimum atomic E-state index is -0.604. The molecule has 0 atom stereocenters. The molecule has 0 aliphatic heterocycles. The van der Waals surface area contributed by atoms with Crippen LogP contribution in [0.4, 0.5) is 0 Å². The van der Waals surface area contributed by atoms with E-state index in [0.717, 1.165) is 6.54 Å². The van der Waals surface area contributed by atoms with Gasteiger partial charge in [-0.2, -0.15) is 10.2 Å². The van der Waals surface area contributed by atoms with E-state index >= 15 is 0 Å². The van der Waals surface area contributed by atoms with Crippen molar-refractivity contribution in [2.75, 3.05) is 39.4 Å².